The van der Waals surface area contributed by atoms with Gasteiger partial charge in [-0.2, -0.15) is 0 Å². The van der Waals surface area contributed by atoms with Gasteiger partial charge < -0.3 is 9.63 Å². The Bertz CT molecular complexity index is 733. The molecule has 0 aliphatic rings. The summed E-state index contributed by atoms with van der Waals surface area (Å²) in [7, 11) is -3.66. The van der Waals surface area contributed by atoms with Crippen LogP contribution in [0.15, 0.2) is 52.1 Å². The third-order valence-electron chi connectivity index (χ3n) is 2.54. The van der Waals surface area contributed by atoms with Crippen LogP contribution in [0.2, 0.25) is 0 Å². The van der Waals surface area contributed by atoms with Crippen LogP contribution in [0, 0.1) is 0 Å². The lowest BCUT2D eigenvalue weighted by molar-refractivity contribution is -0.131. The maximum absolute atomic E-state index is 12.0. The molecule has 2 rings (SSSR count). The summed E-state index contributed by atoms with van der Waals surface area (Å²) in [5.74, 6) is -1.07. The van der Waals surface area contributed by atoms with Gasteiger partial charge in [-0.15, -0.1) is 0 Å². The summed E-state index contributed by atoms with van der Waals surface area (Å²) in [6.07, 6.45) is 3.71. The van der Waals surface area contributed by atoms with Crippen LogP contribution in [0.4, 0.5) is 0 Å². The van der Waals surface area contributed by atoms with Gasteiger partial charge in [-0.3, -0.25) is 0 Å². The highest BCUT2D eigenvalue weighted by molar-refractivity contribution is 7.89. The first-order valence-electron chi connectivity index (χ1n) is 5.87. The number of hydrogen-bond donors (Lipinski definition) is 2. The summed E-state index contributed by atoms with van der Waals surface area (Å²) < 4.78 is 31.0. The Balaban J connectivity index is 2.08. The number of carbonyl (C=O) groups is 1. The van der Waals surface area contributed by atoms with Crippen molar-refractivity contribution in [3.05, 3.63) is 53.9 Å². The largest absolute Gasteiger partial charge is 0.478 e. The van der Waals surface area contributed by atoms with E-state index < -0.39 is 16.0 Å². The van der Waals surface area contributed by atoms with Crippen LogP contribution in [-0.2, 0) is 21.4 Å². The number of nitrogens with one attached hydrogen (secondary N) is 1. The zero-order valence-corrected chi connectivity index (χ0v) is 11.6. The van der Waals surface area contributed by atoms with Crippen molar-refractivity contribution in [3.63, 3.8) is 0 Å². The van der Waals surface area contributed by atoms with Gasteiger partial charge in [-0.05, 0) is 23.8 Å². The molecule has 0 radical (unpaired) electrons. The molecule has 21 heavy (non-hydrogen) atoms. The molecule has 1 aromatic carbocycles. The smallest absolute Gasteiger partial charge is 0.328 e. The fourth-order valence-electron chi connectivity index (χ4n) is 1.51. The molecule has 0 aliphatic heterocycles. The molecule has 0 saturated heterocycles. The van der Waals surface area contributed by atoms with E-state index in [1.807, 2.05) is 0 Å². The van der Waals surface area contributed by atoms with Crippen molar-refractivity contribution in [2.24, 2.45) is 0 Å². The van der Waals surface area contributed by atoms with E-state index in [1.165, 1.54) is 36.6 Å². The first-order valence-corrected chi connectivity index (χ1v) is 7.36. The molecule has 8 heteroatoms. The molecule has 1 aromatic heterocycles. The first-order chi connectivity index (χ1) is 9.97. The zero-order chi connectivity index (χ0) is 15.3. The molecule has 110 valence electrons. The summed E-state index contributed by atoms with van der Waals surface area (Å²) in [6.45, 7) is 0.0273. The summed E-state index contributed by atoms with van der Waals surface area (Å²) >= 11 is 0. The topological polar surface area (TPSA) is 110 Å². The van der Waals surface area contributed by atoms with E-state index >= 15 is 0 Å². The Morgan fingerprint density at radius 3 is 2.57 bits per heavy atom. The normalized spacial score (nSPS) is 11.8. The Kier molecular flexibility index (Phi) is 4.51. The highest BCUT2D eigenvalue weighted by atomic mass is 32.2. The molecule has 0 atom stereocenters. The van der Waals surface area contributed by atoms with Gasteiger partial charge in [0.05, 0.1) is 17.1 Å². The van der Waals surface area contributed by atoms with Crippen molar-refractivity contribution in [2.75, 3.05) is 0 Å². The summed E-state index contributed by atoms with van der Waals surface area (Å²) in [6, 6.07) is 7.38. The number of carboxylic acid groups (broad SMARTS) is 1. The zero-order valence-electron chi connectivity index (χ0n) is 10.8. The van der Waals surface area contributed by atoms with E-state index in [2.05, 4.69) is 14.4 Å². The van der Waals surface area contributed by atoms with Crippen LogP contribution < -0.4 is 4.72 Å². The van der Waals surface area contributed by atoms with E-state index in [9.17, 15) is 13.2 Å². The van der Waals surface area contributed by atoms with Crippen LogP contribution in [0.3, 0.4) is 0 Å². The number of aliphatic carboxylic acids is 1. The van der Waals surface area contributed by atoms with Crippen molar-refractivity contribution in [2.45, 2.75) is 11.4 Å². The van der Waals surface area contributed by atoms with Gasteiger partial charge >= 0.3 is 5.97 Å². The standard InChI is InChI=1S/C13H12N2O5S/c16-13(17)6-3-10-1-4-12(5-2-10)21(18,19)14-9-11-7-8-20-15-11/h1-8,14H,9H2,(H,16,17)/b6-3+. The predicted octanol–water partition coefficient (Wildman–Crippen LogP) is 1.25. The minimum absolute atomic E-state index is 0.0273. The lowest BCUT2D eigenvalue weighted by atomic mass is 10.2. The molecule has 0 aliphatic carbocycles. The highest BCUT2D eigenvalue weighted by Crippen LogP contribution is 2.12. The van der Waals surface area contributed by atoms with Gasteiger partial charge in [0.2, 0.25) is 10.0 Å². The quantitative estimate of drug-likeness (QED) is 0.777. The Hall–Kier alpha value is -2.45. The summed E-state index contributed by atoms with van der Waals surface area (Å²) in [4.78, 5) is 10.5. The number of hydrogen-bond acceptors (Lipinski definition) is 5. The first kappa shape index (κ1) is 14.9. The Morgan fingerprint density at radius 2 is 2.00 bits per heavy atom. The number of nitrogens with zero attached hydrogens (tertiary/aromatic N) is 1. The second-order valence-electron chi connectivity index (χ2n) is 4.06. The van der Waals surface area contributed by atoms with Gasteiger partial charge in [0.25, 0.3) is 0 Å². The molecule has 0 amide bonds. The van der Waals surface area contributed by atoms with Crippen molar-refractivity contribution in [1.82, 2.24) is 9.88 Å². The van der Waals surface area contributed by atoms with E-state index in [1.54, 1.807) is 6.07 Å². The second kappa shape index (κ2) is 6.33. The lowest BCUT2D eigenvalue weighted by Gasteiger charge is -2.05. The predicted molar refractivity (Wildman–Crippen MR) is 73.6 cm³/mol. The molecular weight excluding hydrogens is 296 g/mol. The average molecular weight is 308 g/mol. The van der Waals surface area contributed by atoms with E-state index in [0.29, 0.717) is 11.3 Å². The SMILES string of the molecule is O=C(O)/C=C/c1ccc(S(=O)(=O)NCc2ccon2)cc1. The minimum Gasteiger partial charge on any atom is -0.478 e. The number of rotatable bonds is 6. The maximum atomic E-state index is 12.0. The van der Waals surface area contributed by atoms with Crippen molar-refractivity contribution in [1.29, 1.82) is 0 Å². The van der Waals surface area contributed by atoms with Gasteiger partial charge in [0.1, 0.15) is 6.26 Å². The second-order valence-corrected chi connectivity index (χ2v) is 5.82. The Morgan fingerprint density at radius 1 is 1.29 bits per heavy atom. The average Bonchev–Trinajstić information content (AvgIpc) is 2.97. The number of benzene rings is 1. The van der Waals surface area contributed by atoms with Crippen molar-refractivity contribution in [3.8, 4) is 0 Å². The van der Waals surface area contributed by atoms with Crippen LogP contribution in [-0.4, -0.2) is 24.7 Å². The van der Waals surface area contributed by atoms with Crippen LogP contribution in [0.25, 0.3) is 6.08 Å². The molecular formula is C13H12N2O5S. The fourth-order valence-corrected chi connectivity index (χ4v) is 2.51. The molecule has 0 spiro atoms. The van der Waals surface area contributed by atoms with Crippen LogP contribution >= 0.6 is 0 Å². The molecule has 2 N–H and O–H groups in total. The fraction of sp³-hybridized carbons (Fsp3) is 0.0769. The highest BCUT2D eigenvalue weighted by Gasteiger charge is 2.13. The molecule has 0 saturated carbocycles. The number of carboxylic acids is 1. The molecule has 2 aromatic rings. The molecule has 0 bridgehead atoms. The van der Waals surface area contributed by atoms with Gasteiger partial charge in [-0.25, -0.2) is 17.9 Å². The molecule has 1 heterocycles. The van der Waals surface area contributed by atoms with E-state index in [-0.39, 0.29) is 11.4 Å². The van der Waals surface area contributed by atoms with Crippen molar-refractivity contribution < 1.29 is 22.8 Å². The van der Waals surface area contributed by atoms with Crippen LogP contribution in [0.5, 0.6) is 0 Å². The number of sulfonamides is 1. The van der Waals surface area contributed by atoms with Gasteiger partial charge in [0.15, 0.2) is 0 Å². The van der Waals surface area contributed by atoms with E-state index in [4.69, 9.17) is 5.11 Å². The maximum Gasteiger partial charge on any atom is 0.328 e. The van der Waals surface area contributed by atoms with Crippen molar-refractivity contribution >= 4 is 22.1 Å². The summed E-state index contributed by atoms with van der Waals surface area (Å²) in [5.41, 5.74) is 1.06. The third kappa shape index (κ3) is 4.26. The van der Waals surface area contributed by atoms with Gasteiger partial charge in [0, 0.05) is 12.1 Å². The molecule has 7 nitrogen and oxygen atoms in total. The monoisotopic (exact) mass is 308 g/mol. The van der Waals surface area contributed by atoms with Gasteiger partial charge in [-0.1, -0.05) is 17.3 Å². The van der Waals surface area contributed by atoms with Crippen LogP contribution in [0.1, 0.15) is 11.3 Å². The van der Waals surface area contributed by atoms with E-state index in [0.717, 1.165) is 6.08 Å². The summed E-state index contributed by atoms with van der Waals surface area (Å²) in [5, 5.41) is 12.1. The lowest BCUT2D eigenvalue weighted by Crippen LogP contribution is -2.23. The molecule has 0 unspecified atom stereocenters. The Labute approximate surface area is 120 Å². The third-order valence-corrected chi connectivity index (χ3v) is 3.96. The minimum atomic E-state index is -3.66. The molecule has 0 fully saturated rings. The number of aromatic nitrogens is 1.